The molecule has 4 heteroatoms. The Kier molecular flexibility index (Phi) is 7.45. The molecule has 120 valence electrons. The smallest absolute Gasteiger partial charge is 0.0813 e. The largest absolute Gasteiger partial charge is 0.377 e. The molecule has 0 saturated carbocycles. The Balaban J connectivity index is 2.12. The van der Waals surface area contributed by atoms with Crippen molar-refractivity contribution in [2.75, 3.05) is 40.4 Å². The highest BCUT2D eigenvalue weighted by Crippen LogP contribution is 2.20. The molecule has 0 aromatic rings. The second-order valence-electron chi connectivity index (χ2n) is 7.23. The molecule has 2 unspecified atom stereocenters. The summed E-state index contributed by atoms with van der Waals surface area (Å²) in [6, 6.07) is 0. The molecule has 0 bridgehead atoms. The summed E-state index contributed by atoms with van der Waals surface area (Å²) in [5.74, 6) is 0.698. The average molecular weight is 286 g/mol. The van der Waals surface area contributed by atoms with Gasteiger partial charge in [-0.1, -0.05) is 13.8 Å². The van der Waals surface area contributed by atoms with E-state index in [-0.39, 0.29) is 11.6 Å². The number of ether oxygens (including phenoxy) is 2. The van der Waals surface area contributed by atoms with Crippen molar-refractivity contribution in [2.24, 2.45) is 5.92 Å². The molecule has 0 spiro atoms. The maximum atomic E-state index is 6.02. The monoisotopic (exact) mass is 286 g/mol. The normalized spacial score (nSPS) is 24.0. The zero-order valence-electron chi connectivity index (χ0n) is 14.2. The number of nitrogens with one attached hydrogen (secondary N) is 1. The number of likely N-dealkylation sites (N-methyl/N-ethyl adjacent to an activating group) is 1. The molecule has 1 heterocycles. The lowest BCUT2D eigenvalue weighted by Crippen LogP contribution is -2.43. The molecule has 1 aliphatic rings. The van der Waals surface area contributed by atoms with Gasteiger partial charge < -0.3 is 19.7 Å². The van der Waals surface area contributed by atoms with Crippen LogP contribution in [0, 0.1) is 5.92 Å². The summed E-state index contributed by atoms with van der Waals surface area (Å²) < 4.78 is 11.9. The molecule has 0 aromatic carbocycles. The Labute approximate surface area is 125 Å². The third-order valence-electron chi connectivity index (χ3n) is 4.09. The molecule has 1 rings (SSSR count). The van der Waals surface area contributed by atoms with Gasteiger partial charge in [0.25, 0.3) is 0 Å². The molecule has 0 amide bonds. The number of hydrogen-bond acceptors (Lipinski definition) is 4. The minimum absolute atomic E-state index is 0.0802. The van der Waals surface area contributed by atoms with E-state index in [0.717, 1.165) is 39.1 Å². The predicted octanol–water partition coefficient (Wildman–Crippen LogP) is 2.14. The second kappa shape index (κ2) is 8.32. The summed E-state index contributed by atoms with van der Waals surface area (Å²) in [5, 5.41) is 3.47. The van der Waals surface area contributed by atoms with E-state index < -0.39 is 0 Å². The van der Waals surface area contributed by atoms with Crippen LogP contribution in [-0.4, -0.2) is 63.0 Å². The minimum atomic E-state index is 0.0802. The van der Waals surface area contributed by atoms with Gasteiger partial charge in [0.2, 0.25) is 0 Å². The molecule has 20 heavy (non-hydrogen) atoms. The van der Waals surface area contributed by atoms with E-state index in [1.54, 1.807) is 0 Å². The highest BCUT2D eigenvalue weighted by molar-refractivity contribution is 4.78. The highest BCUT2D eigenvalue weighted by atomic mass is 16.5. The Hall–Kier alpha value is -0.160. The standard InChI is InChI=1S/C16H34N2O2/c1-13(2)9-17-10-14-7-8-15(20-14)11-19-12-16(3,4)18(5)6/h13-15,17H,7-12H2,1-6H3. The van der Waals surface area contributed by atoms with Gasteiger partial charge in [0.05, 0.1) is 25.4 Å². The van der Waals surface area contributed by atoms with Gasteiger partial charge in [-0.05, 0) is 53.2 Å². The molecular weight excluding hydrogens is 252 g/mol. The van der Waals surface area contributed by atoms with Gasteiger partial charge in [0.1, 0.15) is 0 Å². The fourth-order valence-corrected chi connectivity index (χ4v) is 2.16. The van der Waals surface area contributed by atoms with Crippen LogP contribution in [0.2, 0.25) is 0 Å². The third kappa shape index (κ3) is 6.53. The van der Waals surface area contributed by atoms with Gasteiger partial charge in [-0.15, -0.1) is 0 Å². The van der Waals surface area contributed by atoms with Gasteiger partial charge in [-0.25, -0.2) is 0 Å². The van der Waals surface area contributed by atoms with E-state index >= 15 is 0 Å². The van der Waals surface area contributed by atoms with Gasteiger partial charge in [-0.3, -0.25) is 0 Å². The van der Waals surface area contributed by atoms with Crippen LogP contribution in [0.25, 0.3) is 0 Å². The van der Waals surface area contributed by atoms with Crippen molar-refractivity contribution in [3.05, 3.63) is 0 Å². The van der Waals surface area contributed by atoms with Crippen molar-refractivity contribution in [1.29, 1.82) is 0 Å². The lowest BCUT2D eigenvalue weighted by Gasteiger charge is -2.32. The predicted molar refractivity (Wildman–Crippen MR) is 84.2 cm³/mol. The Morgan fingerprint density at radius 2 is 1.90 bits per heavy atom. The number of hydrogen-bond donors (Lipinski definition) is 1. The number of nitrogens with zero attached hydrogens (tertiary/aromatic N) is 1. The first-order valence-corrected chi connectivity index (χ1v) is 7.92. The quantitative estimate of drug-likeness (QED) is 0.704. The summed E-state index contributed by atoms with van der Waals surface area (Å²) >= 11 is 0. The fourth-order valence-electron chi connectivity index (χ4n) is 2.16. The zero-order valence-corrected chi connectivity index (χ0v) is 14.2. The first-order valence-electron chi connectivity index (χ1n) is 7.92. The first kappa shape index (κ1) is 17.9. The maximum Gasteiger partial charge on any atom is 0.0813 e. The van der Waals surface area contributed by atoms with Crippen LogP contribution in [0.1, 0.15) is 40.5 Å². The van der Waals surface area contributed by atoms with Gasteiger partial charge in [0, 0.05) is 12.1 Å². The van der Waals surface area contributed by atoms with E-state index in [2.05, 4.69) is 52.0 Å². The summed E-state index contributed by atoms with van der Waals surface area (Å²) in [6.07, 6.45) is 2.91. The Morgan fingerprint density at radius 1 is 1.25 bits per heavy atom. The van der Waals surface area contributed by atoms with Crippen LogP contribution in [-0.2, 0) is 9.47 Å². The summed E-state index contributed by atoms with van der Waals surface area (Å²) in [6.45, 7) is 12.4. The second-order valence-corrected chi connectivity index (χ2v) is 7.23. The summed E-state index contributed by atoms with van der Waals surface area (Å²) in [7, 11) is 4.18. The van der Waals surface area contributed by atoms with E-state index in [9.17, 15) is 0 Å². The Bertz CT molecular complexity index is 267. The van der Waals surface area contributed by atoms with E-state index in [1.165, 1.54) is 0 Å². The molecular formula is C16H34N2O2. The van der Waals surface area contributed by atoms with Crippen molar-refractivity contribution in [3.63, 3.8) is 0 Å². The van der Waals surface area contributed by atoms with Crippen molar-refractivity contribution in [3.8, 4) is 0 Å². The van der Waals surface area contributed by atoms with Crippen molar-refractivity contribution < 1.29 is 9.47 Å². The molecule has 0 aliphatic carbocycles. The molecule has 1 N–H and O–H groups in total. The van der Waals surface area contributed by atoms with E-state index in [1.807, 2.05) is 0 Å². The first-order chi connectivity index (χ1) is 9.31. The third-order valence-corrected chi connectivity index (χ3v) is 4.09. The van der Waals surface area contributed by atoms with E-state index in [4.69, 9.17) is 9.47 Å². The highest BCUT2D eigenvalue weighted by Gasteiger charge is 2.26. The SMILES string of the molecule is CC(C)CNCC1CCC(COCC(C)(C)N(C)C)O1. The van der Waals surface area contributed by atoms with Crippen molar-refractivity contribution in [1.82, 2.24) is 10.2 Å². The van der Waals surface area contributed by atoms with Crippen LogP contribution in [0.4, 0.5) is 0 Å². The average Bonchev–Trinajstić information content (AvgIpc) is 2.76. The molecule has 0 radical (unpaired) electrons. The number of rotatable bonds is 9. The maximum absolute atomic E-state index is 6.02. The van der Waals surface area contributed by atoms with Gasteiger partial charge in [-0.2, -0.15) is 0 Å². The summed E-state index contributed by atoms with van der Waals surface area (Å²) in [4.78, 5) is 2.20. The topological polar surface area (TPSA) is 33.7 Å². The Morgan fingerprint density at radius 3 is 2.50 bits per heavy atom. The van der Waals surface area contributed by atoms with Crippen LogP contribution in [0.5, 0.6) is 0 Å². The van der Waals surface area contributed by atoms with Crippen LogP contribution >= 0.6 is 0 Å². The lowest BCUT2D eigenvalue weighted by molar-refractivity contribution is -0.0376. The molecule has 0 aromatic heterocycles. The minimum Gasteiger partial charge on any atom is -0.377 e. The van der Waals surface area contributed by atoms with E-state index in [0.29, 0.717) is 12.0 Å². The fraction of sp³-hybridized carbons (Fsp3) is 1.00. The van der Waals surface area contributed by atoms with Crippen LogP contribution in [0.3, 0.4) is 0 Å². The van der Waals surface area contributed by atoms with Gasteiger partial charge >= 0.3 is 0 Å². The molecule has 1 aliphatic heterocycles. The van der Waals surface area contributed by atoms with Crippen molar-refractivity contribution >= 4 is 0 Å². The van der Waals surface area contributed by atoms with Crippen LogP contribution < -0.4 is 5.32 Å². The summed E-state index contributed by atoms with van der Waals surface area (Å²) in [5.41, 5.74) is 0.0802. The molecule has 4 nitrogen and oxygen atoms in total. The molecule has 1 saturated heterocycles. The van der Waals surface area contributed by atoms with Crippen LogP contribution in [0.15, 0.2) is 0 Å². The van der Waals surface area contributed by atoms with Crippen molar-refractivity contribution in [2.45, 2.75) is 58.3 Å². The molecule has 1 fully saturated rings. The lowest BCUT2D eigenvalue weighted by atomic mass is 10.1. The zero-order chi connectivity index (χ0) is 15.2. The molecule has 2 atom stereocenters. The van der Waals surface area contributed by atoms with Gasteiger partial charge in [0.15, 0.2) is 0 Å².